The topological polar surface area (TPSA) is 61.6 Å². The first kappa shape index (κ1) is 17.2. The minimum atomic E-state index is 0.0116. The highest BCUT2D eigenvalue weighted by atomic mass is 16.1. The lowest BCUT2D eigenvalue weighted by molar-refractivity contribution is 0.0807. The summed E-state index contributed by atoms with van der Waals surface area (Å²) in [4.78, 5) is 17.6. The number of anilines is 1. The number of piperidine rings is 2. The Kier molecular flexibility index (Phi) is 5.41. The van der Waals surface area contributed by atoms with Crippen LogP contribution < -0.4 is 11.1 Å². The molecule has 0 spiro atoms. The molecule has 2 heterocycles. The maximum atomic E-state index is 12.5. The van der Waals surface area contributed by atoms with Crippen molar-refractivity contribution in [3.8, 4) is 0 Å². The number of amides is 1. The summed E-state index contributed by atoms with van der Waals surface area (Å²) in [6.45, 7) is 6.55. The minimum absolute atomic E-state index is 0.0116. The molecule has 3 rings (SSSR count). The van der Waals surface area contributed by atoms with Gasteiger partial charge in [-0.1, -0.05) is 6.07 Å². The van der Waals surface area contributed by atoms with Crippen LogP contribution in [-0.2, 0) is 0 Å². The van der Waals surface area contributed by atoms with Crippen LogP contribution in [0.25, 0.3) is 0 Å². The molecule has 0 unspecified atom stereocenters. The van der Waals surface area contributed by atoms with Crippen LogP contribution in [0.15, 0.2) is 18.2 Å². The van der Waals surface area contributed by atoms with Crippen molar-refractivity contribution in [1.29, 1.82) is 0 Å². The quantitative estimate of drug-likeness (QED) is 0.831. The van der Waals surface area contributed by atoms with E-state index in [9.17, 15) is 4.79 Å². The molecule has 5 nitrogen and oxygen atoms in total. The molecule has 0 atom stereocenters. The summed E-state index contributed by atoms with van der Waals surface area (Å²) >= 11 is 0. The third-order valence-electron chi connectivity index (χ3n) is 5.58. The Morgan fingerprint density at radius 1 is 1.12 bits per heavy atom. The molecule has 132 valence electrons. The van der Waals surface area contributed by atoms with E-state index in [2.05, 4.69) is 22.2 Å². The van der Waals surface area contributed by atoms with Crippen molar-refractivity contribution in [2.45, 2.75) is 44.7 Å². The van der Waals surface area contributed by atoms with E-state index >= 15 is 0 Å². The fourth-order valence-electron chi connectivity index (χ4n) is 3.92. The predicted octanol–water partition coefficient (Wildman–Crippen LogP) is 1.87. The zero-order valence-corrected chi connectivity index (χ0v) is 14.9. The number of carbonyl (C=O) groups excluding carboxylic acids is 1. The lowest BCUT2D eigenvalue weighted by Crippen LogP contribution is -2.50. The molecular weight excluding hydrogens is 300 g/mol. The summed E-state index contributed by atoms with van der Waals surface area (Å²) in [6, 6.07) is 6.53. The average Bonchev–Trinajstić information content (AvgIpc) is 2.58. The molecule has 3 N–H and O–H groups in total. The third kappa shape index (κ3) is 4.08. The zero-order chi connectivity index (χ0) is 17.1. The normalized spacial score (nSPS) is 21.8. The van der Waals surface area contributed by atoms with E-state index in [-0.39, 0.29) is 11.9 Å². The van der Waals surface area contributed by atoms with Gasteiger partial charge in [-0.15, -0.1) is 0 Å². The van der Waals surface area contributed by atoms with E-state index in [0.717, 1.165) is 37.5 Å². The van der Waals surface area contributed by atoms with Crippen LogP contribution in [0.3, 0.4) is 0 Å². The first-order valence-electron chi connectivity index (χ1n) is 9.12. The number of hydrogen-bond donors (Lipinski definition) is 2. The molecule has 1 aromatic rings. The maximum absolute atomic E-state index is 12.5. The minimum Gasteiger partial charge on any atom is -0.399 e. The number of aryl methyl sites for hydroxylation is 1. The molecule has 24 heavy (non-hydrogen) atoms. The summed E-state index contributed by atoms with van der Waals surface area (Å²) in [5.41, 5.74) is 8.14. The summed E-state index contributed by atoms with van der Waals surface area (Å²) in [5, 5.41) is 3.20. The van der Waals surface area contributed by atoms with Gasteiger partial charge in [0.25, 0.3) is 5.91 Å². The molecule has 0 radical (unpaired) electrons. The van der Waals surface area contributed by atoms with Gasteiger partial charge in [0.05, 0.1) is 0 Å². The van der Waals surface area contributed by atoms with Gasteiger partial charge in [0, 0.05) is 36.4 Å². The largest absolute Gasteiger partial charge is 0.399 e. The van der Waals surface area contributed by atoms with Crippen LogP contribution in [0.5, 0.6) is 0 Å². The lowest BCUT2D eigenvalue weighted by atomic mass is 9.97. The monoisotopic (exact) mass is 330 g/mol. The van der Waals surface area contributed by atoms with Gasteiger partial charge in [0.15, 0.2) is 0 Å². The van der Waals surface area contributed by atoms with Gasteiger partial charge in [-0.05, 0) is 70.4 Å². The highest BCUT2D eigenvalue weighted by Gasteiger charge is 2.28. The van der Waals surface area contributed by atoms with Crippen molar-refractivity contribution in [2.75, 3.05) is 39.0 Å². The second kappa shape index (κ2) is 7.53. The Hall–Kier alpha value is -1.59. The molecule has 2 aliphatic rings. The molecule has 1 amide bonds. The van der Waals surface area contributed by atoms with Crippen LogP contribution in [0.1, 0.15) is 41.6 Å². The Morgan fingerprint density at radius 2 is 1.79 bits per heavy atom. The van der Waals surface area contributed by atoms with Gasteiger partial charge in [-0.3, -0.25) is 4.79 Å². The number of nitrogens with two attached hydrogens (primary N) is 1. The number of nitrogens with one attached hydrogen (secondary N) is 1. The Bertz CT molecular complexity index is 573. The van der Waals surface area contributed by atoms with Gasteiger partial charge in [-0.2, -0.15) is 0 Å². The van der Waals surface area contributed by atoms with E-state index in [1.54, 1.807) is 6.07 Å². The van der Waals surface area contributed by atoms with Gasteiger partial charge >= 0.3 is 0 Å². The fraction of sp³-hybridized carbons (Fsp3) is 0.632. The molecule has 0 saturated carbocycles. The molecule has 2 aliphatic heterocycles. The highest BCUT2D eigenvalue weighted by Crippen LogP contribution is 2.21. The number of rotatable bonds is 3. The summed E-state index contributed by atoms with van der Waals surface area (Å²) in [6.07, 6.45) is 4.63. The molecule has 0 bridgehead atoms. The van der Waals surface area contributed by atoms with Gasteiger partial charge in [0.2, 0.25) is 0 Å². The van der Waals surface area contributed by atoms with Crippen molar-refractivity contribution < 1.29 is 4.79 Å². The molecule has 2 saturated heterocycles. The maximum Gasteiger partial charge on any atom is 0.251 e. The Labute approximate surface area is 145 Å². The molecular formula is C19H30N4O. The lowest BCUT2D eigenvalue weighted by Gasteiger charge is -2.41. The number of carbonyl (C=O) groups is 1. The summed E-state index contributed by atoms with van der Waals surface area (Å²) < 4.78 is 0. The van der Waals surface area contributed by atoms with Crippen molar-refractivity contribution in [2.24, 2.45) is 0 Å². The summed E-state index contributed by atoms with van der Waals surface area (Å²) in [5.74, 6) is 0.0116. The molecule has 0 aliphatic carbocycles. The molecule has 0 aromatic heterocycles. The smallest absolute Gasteiger partial charge is 0.251 e. The highest BCUT2D eigenvalue weighted by molar-refractivity contribution is 5.96. The number of nitrogen functional groups attached to an aromatic ring is 1. The number of benzene rings is 1. The van der Waals surface area contributed by atoms with Crippen molar-refractivity contribution in [3.05, 3.63) is 29.3 Å². The molecule has 5 heteroatoms. The van der Waals surface area contributed by atoms with Crippen molar-refractivity contribution in [3.63, 3.8) is 0 Å². The second-order valence-corrected chi connectivity index (χ2v) is 7.39. The van der Waals surface area contributed by atoms with Gasteiger partial charge in [0.1, 0.15) is 0 Å². The molecule has 1 aromatic carbocycles. The molecule has 2 fully saturated rings. The van der Waals surface area contributed by atoms with Crippen LogP contribution in [-0.4, -0.2) is 61.0 Å². The SMILES string of the molecule is Cc1ccc(N)cc1C(=O)NC1CCN(C2CCN(C)CC2)CC1. The zero-order valence-electron chi connectivity index (χ0n) is 14.9. The Morgan fingerprint density at radius 3 is 2.46 bits per heavy atom. The van der Waals surface area contributed by atoms with Gasteiger partial charge in [-0.25, -0.2) is 0 Å². The van der Waals surface area contributed by atoms with Crippen LogP contribution in [0.4, 0.5) is 5.69 Å². The first-order chi connectivity index (χ1) is 11.5. The standard InChI is InChI=1S/C19H30N4O/c1-14-3-4-15(20)13-18(14)19(24)21-16-5-11-23(12-6-16)17-7-9-22(2)10-8-17/h3-4,13,16-17H,5-12,20H2,1-2H3,(H,21,24). The van der Waals surface area contributed by atoms with E-state index in [0.29, 0.717) is 11.3 Å². The van der Waals surface area contributed by atoms with Crippen molar-refractivity contribution >= 4 is 11.6 Å². The summed E-state index contributed by atoms with van der Waals surface area (Å²) in [7, 11) is 2.20. The van der Waals surface area contributed by atoms with E-state index in [4.69, 9.17) is 5.73 Å². The number of nitrogens with zero attached hydrogens (tertiary/aromatic N) is 2. The Balaban J connectivity index is 1.50. The van der Waals surface area contributed by atoms with Gasteiger partial charge < -0.3 is 20.9 Å². The predicted molar refractivity (Wildman–Crippen MR) is 98.2 cm³/mol. The number of likely N-dealkylation sites (tertiary alicyclic amines) is 2. The van der Waals surface area contributed by atoms with Crippen LogP contribution in [0, 0.1) is 6.92 Å². The average molecular weight is 330 g/mol. The van der Waals surface area contributed by atoms with Crippen LogP contribution >= 0.6 is 0 Å². The van der Waals surface area contributed by atoms with E-state index in [1.165, 1.54) is 25.9 Å². The van der Waals surface area contributed by atoms with E-state index < -0.39 is 0 Å². The third-order valence-corrected chi connectivity index (χ3v) is 5.58. The fourth-order valence-corrected chi connectivity index (χ4v) is 3.92. The first-order valence-corrected chi connectivity index (χ1v) is 9.12. The van der Waals surface area contributed by atoms with Crippen LogP contribution in [0.2, 0.25) is 0 Å². The second-order valence-electron chi connectivity index (χ2n) is 7.39. The number of hydrogen-bond acceptors (Lipinski definition) is 4. The van der Waals surface area contributed by atoms with E-state index in [1.807, 2.05) is 19.1 Å². The van der Waals surface area contributed by atoms with Crippen molar-refractivity contribution in [1.82, 2.24) is 15.1 Å².